The fourth-order valence-corrected chi connectivity index (χ4v) is 2.95. The Morgan fingerprint density at radius 1 is 1.19 bits per heavy atom. The minimum atomic E-state index is -0.462. The molecule has 2 aromatic carbocycles. The van der Waals surface area contributed by atoms with Crippen molar-refractivity contribution in [2.75, 3.05) is 14.2 Å². The number of allylic oxidation sites excluding steroid dienone is 2. The molecule has 6 heteroatoms. The molecule has 0 unspecified atom stereocenters. The predicted molar refractivity (Wildman–Crippen MR) is 108 cm³/mol. The minimum absolute atomic E-state index is 0.0827. The van der Waals surface area contributed by atoms with Gasteiger partial charge in [0.25, 0.3) is 5.56 Å². The van der Waals surface area contributed by atoms with E-state index in [0.717, 1.165) is 15.8 Å². The second kappa shape index (κ2) is 7.78. The van der Waals surface area contributed by atoms with Gasteiger partial charge in [0.05, 0.1) is 24.6 Å². The molecule has 1 aromatic heterocycles. The third-order valence-corrected chi connectivity index (χ3v) is 4.27. The van der Waals surface area contributed by atoms with Crippen LogP contribution in [0.5, 0.6) is 5.75 Å². The molecule has 0 amide bonds. The lowest BCUT2D eigenvalue weighted by molar-refractivity contribution is 0.413. The van der Waals surface area contributed by atoms with E-state index in [2.05, 4.69) is 16.9 Å². The SMILES string of the molecule is C=C(/C=C(\NC)c1ccccc1OC)Cn1c(=O)[nH]c2ccccc2c1=O. The van der Waals surface area contributed by atoms with Crippen molar-refractivity contribution in [3.63, 3.8) is 0 Å². The zero-order valence-electron chi connectivity index (χ0n) is 15.3. The normalized spacial score (nSPS) is 11.4. The van der Waals surface area contributed by atoms with E-state index in [1.807, 2.05) is 24.3 Å². The summed E-state index contributed by atoms with van der Waals surface area (Å²) in [7, 11) is 3.40. The zero-order chi connectivity index (χ0) is 19.4. The Bertz CT molecular complexity index is 1140. The lowest BCUT2D eigenvalue weighted by Crippen LogP contribution is -2.35. The average molecular weight is 363 g/mol. The molecule has 0 saturated heterocycles. The van der Waals surface area contributed by atoms with Gasteiger partial charge >= 0.3 is 5.69 Å². The van der Waals surface area contributed by atoms with Gasteiger partial charge in [-0.05, 0) is 35.9 Å². The summed E-state index contributed by atoms with van der Waals surface area (Å²) in [5.74, 6) is 0.714. The lowest BCUT2D eigenvalue weighted by Gasteiger charge is -2.13. The maximum Gasteiger partial charge on any atom is 0.329 e. The number of hydrogen-bond donors (Lipinski definition) is 2. The smallest absolute Gasteiger partial charge is 0.329 e. The monoisotopic (exact) mass is 363 g/mol. The largest absolute Gasteiger partial charge is 0.496 e. The second-order valence-corrected chi connectivity index (χ2v) is 6.03. The fourth-order valence-electron chi connectivity index (χ4n) is 2.95. The fraction of sp³-hybridized carbons (Fsp3) is 0.143. The Labute approximate surface area is 156 Å². The van der Waals surface area contributed by atoms with Crippen LogP contribution in [0.2, 0.25) is 0 Å². The summed E-state index contributed by atoms with van der Waals surface area (Å²) in [5.41, 5.74) is 1.97. The van der Waals surface area contributed by atoms with E-state index < -0.39 is 5.69 Å². The van der Waals surface area contributed by atoms with Gasteiger partial charge in [-0.3, -0.25) is 9.36 Å². The second-order valence-electron chi connectivity index (χ2n) is 6.03. The number of aromatic nitrogens is 2. The van der Waals surface area contributed by atoms with E-state index in [-0.39, 0.29) is 12.1 Å². The summed E-state index contributed by atoms with van der Waals surface area (Å²) in [5, 5.41) is 3.58. The van der Waals surface area contributed by atoms with Crippen LogP contribution in [0.25, 0.3) is 16.6 Å². The first-order valence-corrected chi connectivity index (χ1v) is 8.47. The van der Waals surface area contributed by atoms with Crippen molar-refractivity contribution < 1.29 is 4.74 Å². The van der Waals surface area contributed by atoms with Crippen molar-refractivity contribution in [1.29, 1.82) is 0 Å². The molecule has 0 aliphatic heterocycles. The van der Waals surface area contributed by atoms with Gasteiger partial charge in [0, 0.05) is 18.3 Å². The molecule has 0 aliphatic carbocycles. The van der Waals surface area contributed by atoms with Gasteiger partial charge in [0.1, 0.15) is 5.75 Å². The van der Waals surface area contributed by atoms with Gasteiger partial charge in [-0.2, -0.15) is 0 Å². The van der Waals surface area contributed by atoms with Crippen LogP contribution in [0.4, 0.5) is 0 Å². The maximum atomic E-state index is 12.7. The summed E-state index contributed by atoms with van der Waals surface area (Å²) >= 11 is 0. The molecule has 0 spiro atoms. The van der Waals surface area contributed by atoms with E-state index >= 15 is 0 Å². The van der Waals surface area contributed by atoms with Gasteiger partial charge in [-0.15, -0.1) is 0 Å². The Morgan fingerprint density at radius 3 is 2.63 bits per heavy atom. The van der Waals surface area contributed by atoms with Crippen LogP contribution in [-0.2, 0) is 6.54 Å². The first-order valence-electron chi connectivity index (χ1n) is 8.47. The number of ether oxygens (including phenoxy) is 1. The van der Waals surface area contributed by atoms with Crippen LogP contribution in [0, 0.1) is 0 Å². The third-order valence-electron chi connectivity index (χ3n) is 4.27. The minimum Gasteiger partial charge on any atom is -0.496 e. The average Bonchev–Trinajstić information content (AvgIpc) is 2.69. The number of rotatable bonds is 6. The molecule has 2 N–H and O–H groups in total. The highest BCUT2D eigenvalue weighted by Crippen LogP contribution is 2.24. The standard InChI is InChI=1S/C21H21N3O3/c1-14(12-18(22-2)15-8-5-7-11-19(15)27-3)13-24-20(25)16-9-4-6-10-17(16)23-21(24)26/h4-12,22H,1,13H2,2-3H3,(H,23,26)/b18-12-. The Morgan fingerprint density at radius 2 is 1.89 bits per heavy atom. The summed E-state index contributed by atoms with van der Waals surface area (Å²) in [4.78, 5) is 27.7. The van der Waals surface area contributed by atoms with Crippen molar-refractivity contribution in [3.05, 3.63) is 93.2 Å². The summed E-state index contributed by atoms with van der Waals surface area (Å²) in [6, 6.07) is 14.5. The van der Waals surface area contributed by atoms with Gasteiger partial charge in [-0.25, -0.2) is 4.79 Å². The van der Waals surface area contributed by atoms with Gasteiger partial charge in [0.15, 0.2) is 0 Å². The highest BCUT2D eigenvalue weighted by molar-refractivity contribution is 5.77. The molecular formula is C21H21N3O3. The molecule has 6 nitrogen and oxygen atoms in total. The van der Waals surface area contributed by atoms with E-state index in [1.165, 1.54) is 0 Å². The molecule has 3 rings (SSSR count). The third kappa shape index (κ3) is 3.69. The van der Waals surface area contributed by atoms with E-state index in [0.29, 0.717) is 22.2 Å². The molecule has 138 valence electrons. The van der Waals surface area contributed by atoms with Crippen molar-refractivity contribution in [1.82, 2.24) is 14.9 Å². The predicted octanol–water partition coefficient (Wildman–Crippen LogP) is 2.52. The van der Waals surface area contributed by atoms with E-state index in [9.17, 15) is 9.59 Å². The Kier molecular flexibility index (Phi) is 5.26. The molecule has 27 heavy (non-hydrogen) atoms. The van der Waals surface area contributed by atoms with Crippen LogP contribution in [-0.4, -0.2) is 23.7 Å². The number of aromatic amines is 1. The van der Waals surface area contributed by atoms with Gasteiger partial charge in [-0.1, -0.05) is 30.8 Å². The first kappa shape index (κ1) is 18.3. The Balaban J connectivity index is 1.98. The number of nitrogens with zero attached hydrogens (tertiary/aromatic N) is 1. The number of benzene rings is 2. The lowest BCUT2D eigenvalue weighted by atomic mass is 10.1. The first-order chi connectivity index (χ1) is 13.0. The van der Waals surface area contributed by atoms with Crippen LogP contribution in [0.15, 0.2) is 76.3 Å². The van der Waals surface area contributed by atoms with Crippen molar-refractivity contribution in [2.24, 2.45) is 0 Å². The van der Waals surface area contributed by atoms with Crippen LogP contribution < -0.4 is 21.3 Å². The van der Waals surface area contributed by atoms with E-state index in [4.69, 9.17) is 4.74 Å². The summed E-state index contributed by atoms with van der Waals surface area (Å²) in [6.45, 7) is 4.09. The van der Waals surface area contributed by atoms with Crippen LogP contribution in [0.3, 0.4) is 0 Å². The highest BCUT2D eigenvalue weighted by Gasteiger charge is 2.10. The number of fused-ring (bicyclic) bond motifs is 1. The molecule has 0 aliphatic rings. The molecule has 3 aromatic rings. The molecule has 0 atom stereocenters. The molecule has 0 radical (unpaired) electrons. The summed E-state index contributed by atoms with van der Waals surface area (Å²) < 4.78 is 6.54. The quantitative estimate of drug-likeness (QED) is 0.660. The molecule has 0 bridgehead atoms. The molecule has 0 saturated carbocycles. The number of hydrogen-bond acceptors (Lipinski definition) is 4. The Hall–Kier alpha value is -3.54. The van der Waals surface area contributed by atoms with Crippen LogP contribution in [0.1, 0.15) is 5.56 Å². The number of para-hydroxylation sites is 2. The zero-order valence-corrected chi connectivity index (χ0v) is 15.3. The van der Waals surface area contributed by atoms with Crippen molar-refractivity contribution >= 4 is 16.6 Å². The molecule has 0 fully saturated rings. The van der Waals surface area contributed by atoms with Gasteiger partial charge < -0.3 is 15.0 Å². The maximum absolute atomic E-state index is 12.7. The number of methoxy groups -OCH3 is 1. The summed E-state index contributed by atoms with van der Waals surface area (Å²) in [6.07, 6.45) is 1.80. The molecular weight excluding hydrogens is 342 g/mol. The van der Waals surface area contributed by atoms with Gasteiger partial charge in [0.2, 0.25) is 0 Å². The highest BCUT2D eigenvalue weighted by atomic mass is 16.5. The number of H-pyrrole nitrogens is 1. The van der Waals surface area contributed by atoms with Crippen molar-refractivity contribution in [3.8, 4) is 5.75 Å². The number of nitrogens with one attached hydrogen (secondary N) is 2. The van der Waals surface area contributed by atoms with Crippen LogP contribution >= 0.6 is 0 Å². The van der Waals surface area contributed by atoms with Crippen molar-refractivity contribution in [2.45, 2.75) is 6.54 Å². The topological polar surface area (TPSA) is 76.1 Å². The van der Waals surface area contributed by atoms with E-state index in [1.54, 1.807) is 44.5 Å². The molecule has 1 heterocycles.